The van der Waals surface area contributed by atoms with Crippen LogP contribution in [0, 0.1) is 6.92 Å². The van der Waals surface area contributed by atoms with Crippen LogP contribution in [-0.4, -0.2) is 43.9 Å². The number of benzene rings is 1. The van der Waals surface area contributed by atoms with Gasteiger partial charge in [-0.3, -0.25) is 9.59 Å². The van der Waals surface area contributed by atoms with Crippen molar-refractivity contribution >= 4 is 16.8 Å². The summed E-state index contributed by atoms with van der Waals surface area (Å²) in [5.74, 6) is -0.530. The van der Waals surface area contributed by atoms with Crippen LogP contribution in [0.15, 0.2) is 35.1 Å². The van der Waals surface area contributed by atoms with Gasteiger partial charge >= 0.3 is 0 Å². The van der Waals surface area contributed by atoms with E-state index in [2.05, 4.69) is 5.10 Å². The van der Waals surface area contributed by atoms with Gasteiger partial charge in [-0.1, -0.05) is 30.3 Å². The molecule has 128 valence electrons. The smallest absolute Gasteiger partial charge is 0.280 e. The topological polar surface area (TPSA) is 80.4 Å². The molecular formula is C18H18N4O3. The number of nitrogens with zero attached hydrogens (tertiary/aromatic N) is 4. The molecule has 3 aromatic rings. The number of aromatic nitrogens is 3. The highest BCUT2D eigenvalue weighted by Gasteiger charge is 2.31. The van der Waals surface area contributed by atoms with E-state index in [1.54, 1.807) is 23.4 Å². The van der Waals surface area contributed by atoms with Crippen molar-refractivity contribution in [2.75, 3.05) is 13.6 Å². The molecule has 1 aliphatic rings. The van der Waals surface area contributed by atoms with Gasteiger partial charge in [-0.05, 0) is 12.5 Å². The van der Waals surface area contributed by atoms with Gasteiger partial charge in [0.05, 0.1) is 17.8 Å². The zero-order valence-electron chi connectivity index (χ0n) is 14.1. The second kappa shape index (κ2) is 5.47. The van der Waals surface area contributed by atoms with E-state index in [9.17, 15) is 14.7 Å². The molecule has 0 saturated carbocycles. The lowest BCUT2D eigenvalue weighted by molar-refractivity contribution is 0.0747. The van der Waals surface area contributed by atoms with E-state index >= 15 is 0 Å². The Morgan fingerprint density at radius 1 is 1.16 bits per heavy atom. The van der Waals surface area contributed by atoms with Crippen molar-refractivity contribution in [3.8, 4) is 5.75 Å². The van der Waals surface area contributed by atoms with E-state index < -0.39 is 0 Å². The normalized spacial score (nSPS) is 14.2. The van der Waals surface area contributed by atoms with Crippen LogP contribution in [-0.2, 0) is 13.1 Å². The molecule has 2 aromatic heterocycles. The summed E-state index contributed by atoms with van der Waals surface area (Å²) in [6.45, 7) is 3.16. The maximum Gasteiger partial charge on any atom is 0.280 e. The number of amides is 1. The van der Waals surface area contributed by atoms with Gasteiger partial charge in [0.25, 0.3) is 11.5 Å². The third-order valence-electron chi connectivity index (χ3n) is 4.68. The number of carbonyl (C=O) groups is 1. The van der Waals surface area contributed by atoms with Gasteiger partial charge in [0.1, 0.15) is 5.39 Å². The number of carbonyl (C=O) groups excluding carboxylic acids is 1. The van der Waals surface area contributed by atoms with Crippen LogP contribution in [0.2, 0.25) is 0 Å². The molecule has 0 saturated heterocycles. The Morgan fingerprint density at radius 2 is 1.88 bits per heavy atom. The molecule has 0 bridgehead atoms. The van der Waals surface area contributed by atoms with Crippen molar-refractivity contribution in [3.05, 3.63) is 57.6 Å². The van der Waals surface area contributed by atoms with E-state index in [1.165, 1.54) is 4.68 Å². The summed E-state index contributed by atoms with van der Waals surface area (Å²) in [7, 11) is 1.68. The molecule has 0 aliphatic carbocycles. The Bertz CT molecular complexity index is 1050. The van der Waals surface area contributed by atoms with Crippen molar-refractivity contribution < 1.29 is 9.90 Å². The molecule has 1 N–H and O–H groups in total. The van der Waals surface area contributed by atoms with Gasteiger partial charge in [-0.2, -0.15) is 5.10 Å². The molecule has 1 amide bonds. The first kappa shape index (κ1) is 15.4. The molecule has 0 fully saturated rings. The third-order valence-corrected chi connectivity index (χ3v) is 4.68. The SMILES string of the molecule is Cc1nn(Cc2ccccc2)c(=O)c2c(O)c3n(c12)CCN(C)C3=O. The van der Waals surface area contributed by atoms with Crippen molar-refractivity contribution in [1.82, 2.24) is 19.2 Å². The Hall–Kier alpha value is -3.09. The summed E-state index contributed by atoms with van der Waals surface area (Å²) < 4.78 is 3.05. The van der Waals surface area contributed by atoms with Crippen molar-refractivity contribution in [1.29, 1.82) is 0 Å². The average molecular weight is 338 g/mol. The minimum absolute atomic E-state index is 0.169. The van der Waals surface area contributed by atoms with E-state index in [0.717, 1.165) is 5.56 Å². The second-order valence-corrected chi connectivity index (χ2v) is 6.33. The Morgan fingerprint density at radius 3 is 2.60 bits per heavy atom. The van der Waals surface area contributed by atoms with Crippen LogP contribution in [0.1, 0.15) is 21.7 Å². The van der Waals surface area contributed by atoms with Gasteiger partial charge in [0.15, 0.2) is 11.4 Å². The Labute approximate surface area is 143 Å². The van der Waals surface area contributed by atoms with Crippen LogP contribution >= 0.6 is 0 Å². The lowest BCUT2D eigenvalue weighted by atomic mass is 10.2. The minimum Gasteiger partial charge on any atom is -0.505 e. The number of fused-ring (bicyclic) bond motifs is 3. The fourth-order valence-corrected chi connectivity index (χ4v) is 3.42. The zero-order chi connectivity index (χ0) is 17.7. The number of aromatic hydroxyl groups is 1. The van der Waals surface area contributed by atoms with Crippen molar-refractivity contribution in [2.24, 2.45) is 0 Å². The molecule has 7 heteroatoms. The summed E-state index contributed by atoms with van der Waals surface area (Å²) >= 11 is 0. The lowest BCUT2D eigenvalue weighted by Crippen LogP contribution is -2.37. The first-order chi connectivity index (χ1) is 12.0. The Balaban J connectivity index is 1.96. The van der Waals surface area contributed by atoms with Gasteiger partial charge in [-0.15, -0.1) is 0 Å². The summed E-state index contributed by atoms with van der Waals surface area (Å²) in [6.07, 6.45) is 0. The van der Waals surface area contributed by atoms with E-state index in [-0.39, 0.29) is 28.3 Å². The summed E-state index contributed by atoms with van der Waals surface area (Å²) in [6, 6.07) is 9.53. The molecule has 0 radical (unpaired) electrons. The molecule has 1 aliphatic heterocycles. The highest BCUT2D eigenvalue weighted by Crippen LogP contribution is 2.33. The Kier molecular flexibility index (Phi) is 3.38. The fraction of sp³-hybridized carbons (Fsp3) is 0.278. The first-order valence-corrected chi connectivity index (χ1v) is 8.11. The molecule has 0 spiro atoms. The average Bonchev–Trinajstić information content (AvgIpc) is 2.91. The predicted octanol–water partition coefficient (Wildman–Crippen LogP) is 1.35. The number of likely N-dealkylation sites (N-methyl/N-ethyl adjacent to an activating group) is 1. The van der Waals surface area contributed by atoms with E-state index in [0.29, 0.717) is 30.8 Å². The van der Waals surface area contributed by atoms with Gasteiger partial charge in [-0.25, -0.2) is 4.68 Å². The molecule has 3 heterocycles. The summed E-state index contributed by atoms with van der Waals surface area (Å²) in [5.41, 5.74) is 1.88. The van der Waals surface area contributed by atoms with Gasteiger partial charge in [0, 0.05) is 20.1 Å². The molecular weight excluding hydrogens is 320 g/mol. The predicted molar refractivity (Wildman–Crippen MR) is 92.9 cm³/mol. The molecule has 4 rings (SSSR count). The van der Waals surface area contributed by atoms with Crippen molar-refractivity contribution in [3.63, 3.8) is 0 Å². The number of hydrogen-bond donors (Lipinski definition) is 1. The van der Waals surface area contributed by atoms with E-state index in [4.69, 9.17) is 0 Å². The summed E-state index contributed by atoms with van der Waals surface area (Å²) in [5, 5.41) is 15.2. The third kappa shape index (κ3) is 2.23. The fourth-order valence-electron chi connectivity index (χ4n) is 3.42. The van der Waals surface area contributed by atoms with Crippen molar-refractivity contribution in [2.45, 2.75) is 20.0 Å². The molecule has 1 aromatic carbocycles. The van der Waals surface area contributed by atoms with Crippen LogP contribution in [0.4, 0.5) is 0 Å². The number of rotatable bonds is 2. The molecule has 7 nitrogen and oxygen atoms in total. The number of aryl methyl sites for hydroxylation is 1. The minimum atomic E-state index is -0.390. The first-order valence-electron chi connectivity index (χ1n) is 8.11. The molecule has 25 heavy (non-hydrogen) atoms. The maximum atomic E-state index is 12.9. The summed E-state index contributed by atoms with van der Waals surface area (Å²) in [4.78, 5) is 26.9. The zero-order valence-corrected chi connectivity index (χ0v) is 14.1. The lowest BCUT2D eigenvalue weighted by Gasteiger charge is -2.25. The van der Waals surface area contributed by atoms with Crippen LogP contribution in [0.5, 0.6) is 5.75 Å². The largest absolute Gasteiger partial charge is 0.505 e. The second-order valence-electron chi connectivity index (χ2n) is 6.33. The van der Waals surface area contributed by atoms with Crippen LogP contribution in [0.3, 0.4) is 0 Å². The van der Waals surface area contributed by atoms with Crippen LogP contribution in [0.25, 0.3) is 10.9 Å². The van der Waals surface area contributed by atoms with Gasteiger partial charge < -0.3 is 14.6 Å². The molecule has 0 atom stereocenters. The number of hydrogen-bond acceptors (Lipinski definition) is 4. The monoisotopic (exact) mass is 338 g/mol. The van der Waals surface area contributed by atoms with E-state index in [1.807, 2.05) is 30.3 Å². The maximum absolute atomic E-state index is 12.9. The quantitative estimate of drug-likeness (QED) is 0.765. The standard InChI is InChI=1S/C18H18N4O3/c1-11-14-13(16(23)15-18(25)20(2)8-9-21(14)15)17(24)22(19-11)10-12-6-4-3-5-7-12/h3-7,23H,8-10H2,1-2H3. The van der Waals surface area contributed by atoms with Crippen LogP contribution < -0.4 is 5.56 Å². The van der Waals surface area contributed by atoms with Gasteiger partial charge in [0.2, 0.25) is 0 Å². The molecule has 0 unspecified atom stereocenters. The highest BCUT2D eigenvalue weighted by atomic mass is 16.3. The highest BCUT2D eigenvalue weighted by molar-refractivity contribution is 6.04.